The Bertz CT molecular complexity index is 737. The highest BCUT2D eigenvalue weighted by Crippen LogP contribution is 2.37. The van der Waals surface area contributed by atoms with Crippen LogP contribution in [0.15, 0.2) is 6.33 Å². The summed E-state index contributed by atoms with van der Waals surface area (Å²) in [6, 6.07) is 0. The maximum atomic E-state index is 10.1. The standard InChI is InChI=1S/C13H15N5O3/c1-3-13(5-19)8(20)4-9(21-13)18-6-15-10-11(14)16-7(2)17-12(10)18/h1,6,8-9,19-20H,4-5H2,2H3,(H2,14,16,17)/t8-,9-,13-/m1/s1. The molecule has 21 heavy (non-hydrogen) atoms. The van der Waals surface area contributed by atoms with Crippen molar-refractivity contribution in [3.63, 3.8) is 0 Å². The fraction of sp³-hybridized carbons (Fsp3) is 0.462. The minimum atomic E-state index is -1.41. The second kappa shape index (κ2) is 4.66. The Morgan fingerprint density at radius 1 is 1.62 bits per heavy atom. The largest absolute Gasteiger partial charge is 0.392 e. The molecule has 2 aromatic heterocycles. The van der Waals surface area contributed by atoms with Gasteiger partial charge in [-0.05, 0) is 6.92 Å². The zero-order chi connectivity index (χ0) is 15.2. The summed E-state index contributed by atoms with van der Waals surface area (Å²) in [5.41, 5.74) is 5.37. The molecule has 0 aliphatic carbocycles. The number of terminal acetylenes is 1. The third kappa shape index (κ3) is 1.94. The number of rotatable bonds is 2. The SMILES string of the molecule is C#C[C@]1(CO)O[C@@H](n2cnc3c(N)nc(C)nc32)C[C@H]1O. The summed E-state index contributed by atoms with van der Waals surface area (Å²) in [6.45, 7) is 1.25. The Balaban J connectivity index is 2.05. The number of aromatic nitrogens is 4. The number of hydrogen-bond acceptors (Lipinski definition) is 7. The van der Waals surface area contributed by atoms with Crippen molar-refractivity contribution in [2.24, 2.45) is 0 Å². The number of aliphatic hydroxyl groups excluding tert-OH is 2. The average Bonchev–Trinajstić information content (AvgIpc) is 3.00. The van der Waals surface area contributed by atoms with Gasteiger partial charge < -0.3 is 20.7 Å². The van der Waals surface area contributed by atoms with E-state index in [2.05, 4.69) is 20.9 Å². The number of ether oxygens (including phenoxy) is 1. The molecule has 3 heterocycles. The number of aryl methyl sites for hydroxylation is 1. The van der Waals surface area contributed by atoms with Crippen LogP contribution >= 0.6 is 0 Å². The Morgan fingerprint density at radius 2 is 2.38 bits per heavy atom. The summed E-state index contributed by atoms with van der Waals surface area (Å²) in [7, 11) is 0. The number of aliphatic hydroxyl groups is 2. The quantitative estimate of drug-likeness (QED) is 0.629. The van der Waals surface area contributed by atoms with Gasteiger partial charge in [0, 0.05) is 6.42 Å². The Labute approximate surface area is 120 Å². The van der Waals surface area contributed by atoms with Crippen LogP contribution in [0, 0.1) is 19.3 Å². The summed E-state index contributed by atoms with van der Waals surface area (Å²) >= 11 is 0. The first-order valence-electron chi connectivity index (χ1n) is 6.42. The van der Waals surface area contributed by atoms with Crippen LogP contribution in [0.4, 0.5) is 5.82 Å². The molecular weight excluding hydrogens is 274 g/mol. The number of nitrogens with zero attached hydrogens (tertiary/aromatic N) is 4. The van der Waals surface area contributed by atoms with Crippen molar-refractivity contribution in [3.8, 4) is 12.3 Å². The summed E-state index contributed by atoms with van der Waals surface area (Å²) in [5, 5.41) is 19.5. The number of imidazole rings is 1. The fourth-order valence-corrected chi connectivity index (χ4v) is 2.50. The van der Waals surface area contributed by atoms with Gasteiger partial charge in [-0.3, -0.25) is 4.57 Å². The van der Waals surface area contributed by atoms with Crippen molar-refractivity contribution in [2.75, 3.05) is 12.3 Å². The zero-order valence-corrected chi connectivity index (χ0v) is 11.4. The molecule has 0 spiro atoms. The van der Waals surface area contributed by atoms with Crippen LogP contribution in [0.1, 0.15) is 18.5 Å². The van der Waals surface area contributed by atoms with Gasteiger partial charge in [0.15, 0.2) is 17.1 Å². The summed E-state index contributed by atoms with van der Waals surface area (Å²) < 4.78 is 7.31. The average molecular weight is 289 g/mol. The zero-order valence-electron chi connectivity index (χ0n) is 11.4. The number of anilines is 1. The Morgan fingerprint density at radius 3 is 3.00 bits per heavy atom. The predicted octanol–water partition coefficient (Wildman–Crippen LogP) is -0.639. The van der Waals surface area contributed by atoms with E-state index >= 15 is 0 Å². The summed E-state index contributed by atoms with van der Waals surface area (Å²) in [4.78, 5) is 12.5. The van der Waals surface area contributed by atoms with E-state index in [4.69, 9.17) is 16.9 Å². The molecule has 3 rings (SSSR count). The lowest BCUT2D eigenvalue weighted by Gasteiger charge is -2.23. The molecule has 0 amide bonds. The van der Waals surface area contributed by atoms with Crippen LogP contribution < -0.4 is 5.73 Å². The third-order valence-electron chi connectivity index (χ3n) is 3.66. The first-order valence-corrected chi connectivity index (χ1v) is 6.42. The number of nitrogens with two attached hydrogens (primary N) is 1. The lowest BCUT2D eigenvalue weighted by Crippen LogP contribution is -2.41. The van der Waals surface area contributed by atoms with E-state index in [1.54, 1.807) is 11.5 Å². The normalized spacial score (nSPS) is 28.9. The van der Waals surface area contributed by atoms with Gasteiger partial charge in [0.1, 0.15) is 23.7 Å². The molecule has 1 saturated heterocycles. The minimum absolute atomic E-state index is 0.221. The van der Waals surface area contributed by atoms with E-state index in [9.17, 15) is 10.2 Å². The molecule has 2 aromatic rings. The van der Waals surface area contributed by atoms with Crippen LogP contribution in [-0.2, 0) is 4.74 Å². The van der Waals surface area contributed by atoms with Gasteiger partial charge in [-0.25, -0.2) is 15.0 Å². The number of fused-ring (bicyclic) bond motifs is 1. The highest BCUT2D eigenvalue weighted by Gasteiger charge is 2.47. The van der Waals surface area contributed by atoms with Gasteiger partial charge in [0.25, 0.3) is 0 Å². The number of nitrogen functional groups attached to an aromatic ring is 1. The topological polar surface area (TPSA) is 119 Å². The minimum Gasteiger partial charge on any atom is -0.392 e. The van der Waals surface area contributed by atoms with Crippen molar-refractivity contribution in [1.29, 1.82) is 0 Å². The molecule has 0 unspecified atom stereocenters. The summed E-state index contributed by atoms with van der Waals surface area (Å²) in [6.07, 6.45) is 5.55. The fourth-order valence-electron chi connectivity index (χ4n) is 2.50. The van der Waals surface area contributed by atoms with E-state index in [0.29, 0.717) is 17.0 Å². The molecule has 8 nitrogen and oxygen atoms in total. The van der Waals surface area contributed by atoms with Crippen molar-refractivity contribution in [3.05, 3.63) is 12.2 Å². The van der Waals surface area contributed by atoms with Crippen molar-refractivity contribution in [1.82, 2.24) is 19.5 Å². The molecule has 3 atom stereocenters. The molecular formula is C13H15N5O3. The van der Waals surface area contributed by atoms with Gasteiger partial charge >= 0.3 is 0 Å². The lowest BCUT2D eigenvalue weighted by molar-refractivity contribution is -0.0891. The molecule has 1 aliphatic heterocycles. The van der Waals surface area contributed by atoms with E-state index in [0.717, 1.165) is 0 Å². The first-order chi connectivity index (χ1) is 10.0. The van der Waals surface area contributed by atoms with E-state index < -0.39 is 24.5 Å². The van der Waals surface area contributed by atoms with Crippen LogP contribution in [0.2, 0.25) is 0 Å². The van der Waals surface area contributed by atoms with E-state index in [-0.39, 0.29) is 12.2 Å². The molecule has 0 aromatic carbocycles. The Kier molecular flexibility index (Phi) is 3.06. The molecule has 1 aliphatic rings. The maximum absolute atomic E-state index is 10.1. The van der Waals surface area contributed by atoms with Gasteiger partial charge in [-0.1, -0.05) is 5.92 Å². The van der Waals surface area contributed by atoms with E-state index in [1.807, 2.05) is 0 Å². The second-order valence-corrected chi connectivity index (χ2v) is 5.00. The molecule has 1 fully saturated rings. The van der Waals surface area contributed by atoms with Gasteiger partial charge in [-0.15, -0.1) is 6.42 Å². The molecule has 0 bridgehead atoms. The van der Waals surface area contributed by atoms with Gasteiger partial charge in [0.05, 0.1) is 12.9 Å². The maximum Gasteiger partial charge on any atom is 0.179 e. The molecule has 0 saturated carbocycles. The van der Waals surface area contributed by atoms with Crippen molar-refractivity contribution >= 4 is 17.0 Å². The number of hydrogen-bond donors (Lipinski definition) is 3. The van der Waals surface area contributed by atoms with Crippen molar-refractivity contribution < 1.29 is 14.9 Å². The van der Waals surface area contributed by atoms with E-state index in [1.165, 1.54) is 6.33 Å². The van der Waals surface area contributed by atoms with Crippen LogP contribution in [0.25, 0.3) is 11.2 Å². The van der Waals surface area contributed by atoms with Crippen molar-refractivity contribution in [2.45, 2.75) is 31.3 Å². The molecule has 0 radical (unpaired) electrons. The van der Waals surface area contributed by atoms with Crippen LogP contribution in [-0.4, -0.2) is 48.0 Å². The second-order valence-electron chi connectivity index (χ2n) is 5.00. The van der Waals surface area contributed by atoms with Gasteiger partial charge in [-0.2, -0.15) is 0 Å². The highest BCUT2D eigenvalue weighted by molar-refractivity contribution is 5.81. The van der Waals surface area contributed by atoms with Crippen LogP contribution in [0.3, 0.4) is 0 Å². The first kappa shape index (κ1) is 13.8. The predicted molar refractivity (Wildman–Crippen MR) is 73.9 cm³/mol. The third-order valence-corrected chi connectivity index (χ3v) is 3.66. The highest BCUT2D eigenvalue weighted by atomic mass is 16.6. The monoisotopic (exact) mass is 289 g/mol. The molecule has 4 N–H and O–H groups in total. The molecule has 8 heteroatoms. The summed E-state index contributed by atoms with van der Waals surface area (Å²) in [5.74, 6) is 3.11. The smallest absolute Gasteiger partial charge is 0.179 e. The van der Waals surface area contributed by atoms with Crippen LogP contribution in [0.5, 0.6) is 0 Å². The molecule has 110 valence electrons. The Hall–Kier alpha value is -2.21. The lowest BCUT2D eigenvalue weighted by atomic mass is 9.99. The van der Waals surface area contributed by atoms with Gasteiger partial charge in [0.2, 0.25) is 0 Å².